The van der Waals surface area contributed by atoms with Crippen LogP contribution in [0.5, 0.6) is 5.75 Å². The van der Waals surface area contributed by atoms with Gasteiger partial charge in [0, 0.05) is 18.3 Å². The van der Waals surface area contributed by atoms with Gasteiger partial charge in [0.25, 0.3) is 0 Å². The molecule has 1 rings (SSSR count). The molecule has 0 amide bonds. The Labute approximate surface area is 81.1 Å². The molecule has 0 unspecified atom stereocenters. The van der Waals surface area contributed by atoms with Gasteiger partial charge in [0.1, 0.15) is 5.75 Å². The quantitative estimate of drug-likeness (QED) is 0.861. The minimum absolute atomic E-state index is 0.855. The van der Waals surface area contributed by atoms with Gasteiger partial charge in [-0.05, 0) is 35.0 Å². The molecule has 2 nitrogen and oxygen atoms in total. The maximum atomic E-state index is 5.15. The minimum atomic E-state index is 0.855. The molecule has 0 aliphatic heterocycles. The van der Waals surface area contributed by atoms with Crippen LogP contribution in [0.15, 0.2) is 22.7 Å². The number of nitrogens with one attached hydrogen (secondary N) is 1. The van der Waals surface area contributed by atoms with Crippen molar-refractivity contribution in [1.29, 1.82) is 0 Å². The van der Waals surface area contributed by atoms with Crippen molar-refractivity contribution >= 4 is 21.6 Å². The molecule has 12 heavy (non-hydrogen) atoms. The van der Waals surface area contributed by atoms with Crippen LogP contribution >= 0.6 is 15.9 Å². The van der Waals surface area contributed by atoms with Gasteiger partial charge in [0.2, 0.25) is 0 Å². The Balaban J connectivity index is 2.89. The summed E-state index contributed by atoms with van der Waals surface area (Å²) in [5.41, 5.74) is 1.08. The van der Waals surface area contributed by atoms with Crippen molar-refractivity contribution in [2.45, 2.75) is 6.92 Å². The van der Waals surface area contributed by atoms with Crippen molar-refractivity contribution in [2.75, 3.05) is 19.0 Å². The van der Waals surface area contributed by atoms with E-state index in [1.807, 2.05) is 18.2 Å². The number of hydrogen-bond donors (Lipinski definition) is 1. The number of anilines is 1. The summed E-state index contributed by atoms with van der Waals surface area (Å²) in [4.78, 5) is 0. The van der Waals surface area contributed by atoms with Crippen molar-refractivity contribution in [2.24, 2.45) is 0 Å². The Hall–Kier alpha value is -0.700. The second kappa shape index (κ2) is 4.36. The summed E-state index contributed by atoms with van der Waals surface area (Å²) in [6, 6.07) is 5.94. The van der Waals surface area contributed by atoms with E-state index in [0.717, 1.165) is 22.5 Å². The zero-order valence-electron chi connectivity index (χ0n) is 7.23. The normalized spacial score (nSPS) is 9.58. The fourth-order valence-electron chi connectivity index (χ4n) is 0.974. The molecule has 0 fully saturated rings. The third kappa shape index (κ3) is 2.14. The highest BCUT2D eigenvalue weighted by Gasteiger charge is 1.99. The van der Waals surface area contributed by atoms with E-state index in [0.29, 0.717) is 0 Å². The lowest BCUT2D eigenvalue weighted by molar-refractivity contribution is 0.412. The van der Waals surface area contributed by atoms with Crippen molar-refractivity contribution in [3.8, 4) is 5.75 Å². The number of benzene rings is 1. The molecule has 0 radical (unpaired) electrons. The molecule has 0 aliphatic carbocycles. The summed E-state index contributed by atoms with van der Waals surface area (Å²) in [5.74, 6) is 0.855. The Morgan fingerprint density at radius 1 is 1.50 bits per heavy atom. The lowest BCUT2D eigenvalue weighted by Gasteiger charge is -2.07. The molecule has 0 bridgehead atoms. The average Bonchev–Trinajstić information content (AvgIpc) is 2.09. The Bertz CT molecular complexity index is 263. The van der Waals surface area contributed by atoms with Crippen molar-refractivity contribution in [3.63, 3.8) is 0 Å². The third-order valence-electron chi connectivity index (χ3n) is 1.53. The summed E-state index contributed by atoms with van der Waals surface area (Å²) in [6.07, 6.45) is 0. The monoisotopic (exact) mass is 229 g/mol. The van der Waals surface area contributed by atoms with Gasteiger partial charge >= 0.3 is 0 Å². The van der Waals surface area contributed by atoms with E-state index in [9.17, 15) is 0 Å². The molecule has 3 heteroatoms. The second-order valence-electron chi connectivity index (χ2n) is 2.38. The third-order valence-corrected chi connectivity index (χ3v) is 2.19. The molecule has 0 spiro atoms. The van der Waals surface area contributed by atoms with Gasteiger partial charge in [-0.25, -0.2) is 0 Å². The molecular formula is C9H12BrNO. The Morgan fingerprint density at radius 2 is 2.25 bits per heavy atom. The van der Waals surface area contributed by atoms with Crippen LogP contribution in [0.2, 0.25) is 0 Å². The highest BCUT2D eigenvalue weighted by molar-refractivity contribution is 9.10. The number of ether oxygens (including phenoxy) is 1. The smallest absolute Gasteiger partial charge is 0.135 e. The lowest BCUT2D eigenvalue weighted by Crippen LogP contribution is -1.96. The first-order valence-electron chi connectivity index (χ1n) is 3.85. The summed E-state index contributed by atoms with van der Waals surface area (Å²) in [7, 11) is 1.66. The van der Waals surface area contributed by atoms with E-state index in [4.69, 9.17) is 4.74 Å². The van der Waals surface area contributed by atoms with Crippen LogP contribution in [-0.2, 0) is 0 Å². The summed E-state index contributed by atoms with van der Waals surface area (Å²) in [5, 5.41) is 3.21. The summed E-state index contributed by atoms with van der Waals surface area (Å²) < 4.78 is 6.12. The van der Waals surface area contributed by atoms with Crippen molar-refractivity contribution in [1.82, 2.24) is 0 Å². The van der Waals surface area contributed by atoms with Crippen molar-refractivity contribution < 1.29 is 4.74 Å². The number of hydrogen-bond acceptors (Lipinski definition) is 2. The van der Waals surface area contributed by atoms with Gasteiger partial charge in [-0.3, -0.25) is 0 Å². The van der Waals surface area contributed by atoms with Crippen LogP contribution in [0, 0.1) is 0 Å². The standard InChI is InChI=1S/C9H12BrNO/c1-3-11-7-4-5-8(10)9(6-7)12-2/h4-6,11H,3H2,1-2H3. The van der Waals surface area contributed by atoms with Crippen LogP contribution in [0.4, 0.5) is 5.69 Å². The van der Waals surface area contributed by atoms with E-state index in [-0.39, 0.29) is 0 Å². The fourth-order valence-corrected chi connectivity index (χ4v) is 1.38. The van der Waals surface area contributed by atoms with E-state index in [1.165, 1.54) is 0 Å². The minimum Gasteiger partial charge on any atom is -0.495 e. The first-order valence-corrected chi connectivity index (χ1v) is 4.64. The van der Waals surface area contributed by atoms with Gasteiger partial charge < -0.3 is 10.1 Å². The molecule has 66 valence electrons. The van der Waals surface area contributed by atoms with Gasteiger partial charge in [-0.1, -0.05) is 0 Å². The molecule has 0 aromatic heterocycles. The first-order chi connectivity index (χ1) is 5.77. The summed E-state index contributed by atoms with van der Waals surface area (Å²) >= 11 is 3.39. The summed E-state index contributed by atoms with van der Waals surface area (Å²) in [6.45, 7) is 2.99. The highest BCUT2D eigenvalue weighted by atomic mass is 79.9. The molecule has 0 saturated heterocycles. The molecule has 1 N–H and O–H groups in total. The SMILES string of the molecule is CCNc1ccc(Br)c(OC)c1. The molecule has 0 aliphatic rings. The topological polar surface area (TPSA) is 21.3 Å². The van der Waals surface area contributed by atoms with Gasteiger partial charge in [-0.2, -0.15) is 0 Å². The van der Waals surface area contributed by atoms with Crippen LogP contribution in [0.25, 0.3) is 0 Å². The predicted molar refractivity (Wildman–Crippen MR) is 54.9 cm³/mol. The maximum Gasteiger partial charge on any atom is 0.135 e. The predicted octanol–water partition coefficient (Wildman–Crippen LogP) is 2.89. The Morgan fingerprint density at radius 3 is 2.83 bits per heavy atom. The first kappa shape index (κ1) is 9.39. The molecule has 1 aromatic carbocycles. The molecule has 1 aromatic rings. The number of halogens is 1. The average molecular weight is 230 g/mol. The van der Waals surface area contributed by atoms with Crippen molar-refractivity contribution in [3.05, 3.63) is 22.7 Å². The van der Waals surface area contributed by atoms with Gasteiger partial charge in [0.05, 0.1) is 11.6 Å². The molecule has 0 atom stereocenters. The van der Waals surface area contributed by atoms with E-state index in [2.05, 4.69) is 28.2 Å². The maximum absolute atomic E-state index is 5.15. The van der Waals surface area contributed by atoms with Crippen LogP contribution in [0.1, 0.15) is 6.92 Å². The van der Waals surface area contributed by atoms with E-state index >= 15 is 0 Å². The van der Waals surface area contributed by atoms with Gasteiger partial charge in [-0.15, -0.1) is 0 Å². The number of rotatable bonds is 3. The lowest BCUT2D eigenvalue weighted by atomic mass is 10.3. The molecule has 0 saturated carbocycles. The zero-order chi connectivity index (χ0) is 8.97. The highest BCUT2D eigenvalue weighted by Crippen LogP contribution is 2.27. The second-order valence-corrected chi connectivity index (χ2v) is 3.23. The van der Waals surface area contributed by atoms with Gasteiger partial charge in [0.15, 0.2) is 0 Å². The fraction of sp³-hybridized carbons (Fsp3) is 0.333. The molecule has 0 heterocycles. The van der Waals surface area contributed by atoms with E-state index < -0.39 is 0 Å². The number of methoxy groups -OCH3 is 1. The van der Waals surface area contributed by atoms with Crippen LogP contribution < -0.4 is 10.1 Å². The van der Waals surface area contributed by atoms with Crippen LogP contribution in [0.3, 0.4) is 0 Å². The van der Waals surface area contributed by atoms with Crippen LogP contribution in [-0.4, -0.2) is 13.7 Å². The largest absolute Gasteiger partial charge is 0.495 e. The zero-order valence-corrected chi connectivity index (χ0v) is 8.81. The molecular weight excluding hydrogens is 218 g/mol. The van der Waals surface area contributed by atoms with E-state index in [1.54, 1.807) is 7.11 Å². The Kier molecular flexibility index (Phi) is 3.41.